The fraction of sp³-hybridized carbons (Fsp3) is 0.758. The lowest BCUT2D eigenvalue weighted by Crippen LogP contribution is -2.59. The van der Waals surface area contributed by atoms with Gasteiger partial charge in [0.05, 0.1) is 6.10 Å². The second-order valence-electron chi connectivity index (χ2n) is 13.6. The summed E-state index contributed by atoms with van der Waals surface area (Å²) in [6, 6.07) is 9.63. The number of benzene rings is 1. The third-order valence-electron chi connectivity index (χ3n) is 12.0. The monoisotopic (exact) mass is 574 g/mol. The molecule has 0 amide bonds. The SMILES string of the molecule is C[C@H](CCC(=O)OCc1ccccc1)C1CCC2C3CCC4C[C@H](OC(=O)OCCl)CC[C@]4(C)C3C[C@H](O)[C@@]21C. The molecule has 5 unspecified atom stereocenters. The van der Waals surface area contributed by atoms with Crippen molar-refractivity contribution in [1.82, 2.24) is 0 Å². The molecule has 4 aliphatic carbocycles. The van der Waals surface area contributed by atoms with Gasteiger partial charge < -0.3 is 19.3 Å². The Labute approximate surface area is 244 Å². The first kappa shape index (κ1) is 29.7. The van der Waals surface area contributed by atoms with Gasteiger partial charge in [0.25, 0.3) is 0 Å². The second kappa shape index (κ2) is 12.2. The summed E-state index contributed by atoms with van der Waals surface area (Å²) in [7, 11) is 0. The fourth-order valence-electron chi connectivity index (χ4n) is 9.82. The number of alkyl halides is 1. The zero-order chi connectivity index (χ0) is 28.5. The molecule has 1 aromatic carbocycles. The lowest BCUT2D eigenvalue weighted by molar-refractivity contribution is -0.176. The van der Waals surface area contributed by atoms with Crippen LogP contribution in [0.3, 0.4) is 0 Å². The molecule has 1 N–H and O–H groups in total. The lowest BCUT2D eigenvalue weighted by Gasteiger charge is -2.62. The molecule has 222 valence electrons. The van der Waals surface area contributed by atoms with Gasteiger partial charge in [-0.3, -0.25) is 4.79 Å². The molecule has 1 aromatic rings. The molecule has 7 heteroatoms. The highest BCUT2D eigenvalue weighted by atomic mass is 35.5. The Balaban J connectivity index is 1.19. The van der Waals surface area contributed by atoms with Gasteiger partial charge in [-0.25, -0.2) is 4.79 Å². The number of hydrogen-bond acceptors (Lipinski definition) is 6. The number of fused-ring (bicyclic) bond motifs is 5. The minimum atomic E-state index is -0.670. The molecule has 0 spiro atoms. The van der Waals surface area contributed by atoms with Crippen LogP contribution in [0.5, 0.6) is 0 Å². The molecule has 0 aliphatic heterocycles. The number of carbonyl (C=O) groups excluding carboxylic acids is 2. The first-order valence-corrected chi connectivity index (χ1v) is 16.0. The fourth-order valence-corrected chi connectivity index (χ4v) is 9.91. The third-order valence-corrected chi connectivity index (χ3v) is 12.1. The summed E-state index contributed by atoms with van der Waals surface area (Å²) in [5.74, 6) is 2.77. The van der Waals surface area contributed by atoms with Crippen molar-refractivity contribution >= 4 is 23.7 Å². The molecular weight excluding hydrogens is 528 g/mol. The lowest BCUT2D eigenvalue weighted by atomic mass is 9.43. The van der Waals surface area contributed by atoms with Crippen LogP contribution in [0.4, 0.5) is 4.79 Å². The van der Waals surface area contributed by atoms with Gasteiger partial charge >= 0.3 is 12.1 Å². The zero-order valence-electron chi connectivity index (χ0n) is 24.4. The number of aliphatic hydroxyl groups is 1. The normalized spacial score (nSPS) is 39.3. The molecule has 4 saturated carbocycles. The van der Waals surface area contributed by atoms with E-state index in [0.29, 0.717) is 48.5 Å². The standard InChI is InChI=1S/C33H47ClO6/c1-21(9-14-30(36)38-19-22-7-5-4-6-8-22)26-12-13-27-25-11-10-23-17-24(40-31(37)39-20-34)15-16-32(23,2)28(25)18-29(35)33(26,27)3/h4-8,21,23-29,35H,9-20H2,1-3H3/t21-,23?,24-,25?,26?,27?,28?,29+,32+,33-/m1/s1. The highest BCUT2D eigenvalue weighted by molar-refractivity contribution is 6.17. The number of hydrogen-bond donors (Lipinski definition) is 1. The topological polar surface area (TPSA) is 82.1 Å². The van der Waals surface area contributed by atoms with Crippen molar-refractivity contribution < 1.29 is 28.9 Å². The molecule has 40 heavy (non-hydrogen) atoms. The number of halogens is 1. The highest BCUT2D eigenvalue weighted by Gasteiger charge is 2.63. The second-order valence-corrected chi connectivity index (χ2v) is 13.9. The molecule has 0 bridgehead atoms. The minimum Gasteiger partial charge on any atom is -0.461 e. The minimum absolute atomic E-state index is 0.108. The van der Waals surface area contributed by atoms with Gasteiger partial charge in [0.2, 0.25) is 0 Å². The number of ether oxygens (including phenoxy) is 3. The number of esters is 1. The maximum Gasteiger partial charge on any atom is 0.509 e. The van der Waals surface area contributed by atoms with Gasteiger partial charge in [-0.15, -0.1) is 0 Å². The van der Waals surface area contributed by atoms with E-state index in [1.807, 2.05) is 30.3 Å². The molecule has 0 saturated heterocycles. The van der Waals surface area contributed by atoms with Crippen LogP contribution in [-0.2, 0) is 25.6 Å². The zero-order valence-corrected chi connectivity index (χ0v) is 25.1. The highest BCUT2D eigenvalue weighted by Crippen LogP contribution is 2.68. The van der Waals surface area contributed by atoms with Crippen LogP contribution in [0.1, 0.15) is 90.5 Å². The van der Waals surface area contributed by atoms with E-state index < -0.39 is 6.16 Å². The number of rotatable bonds is 8. The van der Waals surface area contributed by atoms with Crippen LogP contribution in [0, 0.1) is 46.3 Å². The predicted octanol–water partition coefficient (Wildman–Crippen LogP) is 7.49. The van der Waals surface area contributed by atoms with Gasteiger partial charge in [0.1, 0.15) is 12.7 Å². The van der Waals surface area contributed by atoms with Gasteiger partial charge in [-0.1, -0.05) is 62.7 Å². The van der Waals surface area contributed by atoms with Crippen LogP contribution in [-0.4, -0.2) is 35.5 Å². The molecule has 0 radical (unpaired) electrons. The third kappa shape index (κ3) is 5.64. The van der Waals surface area contributed by atoms with Gasteiger partial charge in [-0.2, -0.15) is 0 Å². The van der Waals surface area contributed by atoms with Crippen molar-refractivity contribution in [2.75, 3.05) is 6.07 Å². The maximum atomic E-state index is 12.5. The molecular formula is C33H47ClO6. The van der Waals surface area contributed by atoms with Crippen molar-refractivity contribution in [3.63, 3.8) is 0 Å². The number of aliphatic hydroxyl groups excluding tert-OH is 1. The van der Waals surface area contributed by atoms with E-state index in [0.717, 1.165) is 50.5 Å². The van der Waals surface area contributed by atoms with E-state index in [9.17, 15) is 14.7 Å². The van der Waals surface area contributed by atoms with E-state index in [-0.39, 0.29) is 35.1 Å². The Kier molecular flexibility index (Phi) is 9.06. The summed E-state index contributed by atoms with van der Waals surface area (Å²) >= 11 is 5.52. The van der Waals surface area contributed by atoms with E-state index in [1.54, 1.807) is 0 Å². The Morgan fingerprint density at radius 3 is 2.55 bits per heavy atom. The van der Waals surface area contributed by atoms with Crippen LogP contribution >= 0.6 is 11.6 Å². The van der Waals surface area contributed by atoms with Gasteiger partial charge in [0.15, 0.2) is 6.07 Å². The summed E-state index contributed by atoms with van der Waals surface area (Å²) in [6.45, 7) is 7.38. The summed E-state index contributed by atoms with van der Waals surface area (Å²) in [6.07, 6.45) is 8.32. The van der Waals surface area contributed by atoms with Crippen molar-refractivity contribution in [3.05, 3.63) is 35.9 Å². The van der Waals surface area contributed by atoms with Crippen molar-refractivity contribution in [1.29, 1.82) is 0 Å². The molecule has 0 aromatic heterocycles. The Morgan fingerprint density at radius 1 is 1.02 bits per heavy atom. The summed E-state index contributed by atoms with van der Waals surface area (Å²) in [5.41, 5.74) is 1.06. The smallest absolute Gasteiger partial charge is 0.461 e. The Morgan fingerprint density at radius 2 is 1.80 bits per heavy atom. The van der Waals surface area contributed by atoms with Gasteiger partial charge in [-0.05, 0) is 110 Å². The maximum absolute atomic E-state index is 12.5. The van der Waals surface area contributed by atoms with Crippen molar-refractivity contribution in [3.8, 4) is 0 Å². The van der Waals surface area contributed by atoms with E-state index in [2.05, 4.69) is 20.8 Å². The Bertz CT molecular complexity index is 1030. The molecule has 0 heterocycles. The summed E-state index contributed by atoms with van der Waals surface area (Å²) < 4.78 is 15.9. The van der Waals surface area contributed by atoms with Crippen LogP contribution in [0.15, 0.2) is 30.3 Å². The van der Waals surface area contributed by atoms with Crippen molar-refractivity contribution in [2.24, 2.45) is 46.3 Å². The molecule has 10 atom stereocenters. The first-order valence-electron chi connectivity index (χ1n) is 15.4. The summed E-state index contributed by atoms with van der Waals surface area (Å²) in [4.78, 5) is 24.4. The largest absolute Gasteiger partial charge is 0.509 e. The van der Waals surface area contributed by atoms with E-state index >= 15 is 0 Å². The average molecular weight is 575 g/mol. The summed E-state index contributed by atoms with van der Waals surface area (Å²) in [5, 5.41) is 11.8. The van der Waals surface area contributed by atoms with Crippen molar-refractivity contribution in [2.45, 2.75) is 104 Å². The molecule has 4 fully saturated rings. The number of carbonyl (C=O) groups is 2. The van der Waals surface area contributed by atoms with Crippen LogP contribution in [0.2, 0.25) is 0 Å². The Hall–Kier alpha value is -1.79. The van der Waals surface area contributed by atoms with Gasteiger partial charge in [0, 0.05) is 6.42 Å². The van der Waals surface area contributed by atoms with Crippen LogP contribution in [0.25, 0.3) is 0 Å². The first-order chi connectivity index (χ1) is 19.2. The average Bonchev–Trinajstić information content (AvgIpc) is 3.31. The van der Waals surface area contributed by atoms with E-state index in [1.165, 1.54) is 12.8 Å². The quantitative estimate of drug-likeness (QED) is 0.256. The molecule has 4 aliphatic rings. The predicted molar refractivity (Wildman–Crippen MR) is 153 cm³/mol. The molecule has 5 rings (SSSR count). The molecule has 6 nitrogen and oxygen atoms in total. The van der Waals surface area contributed by atoms with E-state index in [4.69, 9.17) is 25.8 Å². The van der Waals surface area contributed by atoms with Crippen LogP contribution < -0.4 is 0 Å².